The largest absolute Gasteiger partial charge is 0.353 e. The monoisotopic (exact) mass is 273 g/mol. The molecule has 3 nitrogen and oxygen atoms in total. The Labute approximate surface area is 117 Å². The standard InChI is InChI=1S/C15H19N3S/c1-2-6-13-11(4-1)5-3-8-18(13)14-12-7-9-19-15(12)17-10-16-14/h7,9-11,13H,1-6,8H2/t11-,13-/m0/s1. The first kappa shape index (κ1) is 11.6. The fourth-order valence-electron chi connectivity index (χ4n) is 3.89. The molecule has 2 aliphatic rings. The highest BCUT2D eigenvalue weighted by Crippen LogP contribution is 2.39. The number of rotatable bonds is 1. The molecule has 1 aliphatic heterocycles. The molecule has 2 fully saturated rings. The number of thiophene rings is 1. The smallest absolute Gasteiger partial charge is 0.141 e. The Morgan fingerprint density at radius 1 is 1.11 bits per heavy atom. The van der Waals surface area contributed by atoms with Crippen molar-refractivity contribution in [2.75, 3.05) is 11.4 Å². The lowest BCUT2D eigenvalue weighted by molar-refractivity contribution is 0.243. The summed E-state index contributed by atoms with van der Waals surface area (Å²) in [6.45, 7) is 1.17. The van der Waals surface area contributed by atoms with Crippen molar-refractivity contribution >= 4 is 27.4 Å². The third kappa shape index (κ3) is 1.93. The van der Waals surface area contributed by atoms with E-state index in [9.17, 15) is 0 Å². The Kier molecular flexibility index (Phi) is 2.91. The summed E-state index contributed by atoms with van der Waals surface area (Å²) in [5.74, 6) is 2.08. The van der Waals surface area contributed by atoms with Gasteiger partial charge in [-0.25, -0.2) is 9.97 Å². The number of anilines is 1. The van der Waals surface area contributed by atoms with Crippen LogP contribution in [-0.4, -0.2) is 22.6 Å². The van der Waals surface area contributed by atoms with Gasteiger partial charge in [0.1, 0.15) is 17.0 Å². The van der Waals surface area contributed by atoms with E-state index in [1.54, 1.807) is 17.7 Å². The van der Waals surface area contributed by atoms with Crippen molar-refractivity contribution in [3.8, 4) is 0 Å². The molecule has 2 aromatic heterocycles. The minimum atomic E-state index is 0.723. The van der Waals surface area contributed by atoms with Crippen LogP contribution >= 0.6 is 11.3 Å². The number of fused-ring (bicyclic) bond motifs is 2. The van der Waals surface area contributed by atoms with Crippen LogP contribution in [0.4, 0.5) is 5.82 Å². The summed E-state index contributed by atoms with van der Waals surface area (Å²) in [6.07, 6.45) is 10.0. The van der Waals surface area contributed by atoms with Crippen molar-refractivity contribution in [2.45, 2.75) is 44.6 Å². The summed E-state index contributed by atoms with van der Waals surface area (Å²) >= 11 is 1.72. The van der Waals surface area contributed by atoms with Crippen LogP contribution in [0.2, 0.25) is 0 Å². The van der Waals surface area contributed by atoms with Crippen LogP contribution in [0.5, 0.6) is 0 Å². The summed E-state index contributed by atoms with van der Waals surface area (Å²) in [4.78, 5) is 12.7. The molecule has 4 rings (SSSR count). The van der Waals surface area contributed by atoms with Gasteiger partial charge < -0.3 is 4.90 Å². The van der Waals surface area contributed by atoms with E-state index < -0.39 is 0 Å². The topological polar surface area (TPSA) is 29.0 Å². The van der Waals surface area contributed by atoms with E-state index in [-0.39, 0.29) is 0 Å². The van der Waals surface area contributed by atoms with Gasteiger partial charge in [0, 0.05) is 12.6 Å². The van der Waals surface area contributed by atoms with Crippen molar-refractivity contribution in [3.05, 3.63) is 17.8 Å². The van der Waals surface area contributed by atoms with Gasteiger partial charge in [-0.3, -0.25) is 0 Å². The number of hydrogen-bond donors (Lipinski definition) is 0. The molecule has 4 heteroatoms. The predicted molar refractivity (Wildman–Crippen MR) is 79.7 cm³/mol. The van der Waals surface area contributed by atoms with Gasteiger partial charge in [0.05, 0.1) is 5.39 Å². The highest BCUT2D eigenvalue weighted by molar-refractivity contribution is 7.16. The third-order valence-electron chi connectivity index (χ3n) is 4.76. The van der Waals surface area contributed by atoms with Crippen LogP contribution in [-0.2, 0) is 0 Å². The molecule has 0 N–H and O–H groups in total. The van der Waals surface area contributed by atoms with Crippen molar-refractivity contribution in [1.29, 1.82) is 0 Å². The minimum absolute atomic E-state index is 0.723. The van der Waals surface area contributed by atoms with E-state index in [0.29, 0.717) is 0 Å². The van der Waals surface area contributed by atoms with Crippen LogP contribution in [0.3, 0.4) is 0 Å². The SMILES string of the molecule is c1nc(N2CCC[C@@H]3CCCC[C@@H]32)c2ccsc2n1. The second kappa shape index (κ2) is 4.75. The number of aromatic nitrogens is 2. The highest BCUT2D eigenvalue weighted by Gasteiger charge is 2.34. The Hall–Kier alpha value is -1.16. The second-order valence-electron chi connectivity index (χ2n) is 5.78. The molecule has 0 bridgehead atoms. The number of hydrogen-bond acceptors (Lipinski definition) is 4. The van der Waals surface area contributed by atoms with Gasteiger partial charge in [-0.2, -0.15) is 0 Å². The quantitative estimate of drug-likeness (QED) is 0.790. The van der Waals surface area contributed by atoms with Crippen LogP contribution in [0.1, 0.15) is 38.5 Å². The van der Waals surface area contributed by atoms with E-state index in [2.05, 4.69) is 26.3 Å². The van der Waals surface area contributed by atoms with Gasteiger partial charge in [-0.15, -0.1) is 11.3 Å². The van der Waals surface area contributed by atoms with Gasteiger partial charge in [0.2, 0.25) is 0 Å². The Morgan fingerprint density at radius 2 is 2.00 bits per heavy atom. The van der Waals surface area contributed by atoms with Crippen LogP contribution in [0.15, 0.2) is 17.8 Å². The molecule has 1 saturated carbocycles. The minimum Gasteiger partial charge on any atom is -0.353 e. The number of nitrogens with zero attached hydrogens (tertiary/aromatic N) is 3. The second-order valence-corrected chi connectivity index (χ2v) is 6.68. The van der Waals surface area contributed by atoms with Gasteiger partial charge in [0.15, 0.2) is 0 Å². The molecule has 3 heterocycles. The van der Waals surface area contributed by atoms with E-state index in [1.165, 1.54) is 56.3 Å². The predicted octanol–water partition coefficient (Wildman–Crippen LogP) is 3.85. The zero-order valence-electron chi connectivity index (χ0n) is 11.1. The molecular formula is C15H19N3S. The first-order valence-electron chi connectivity index (χ1n) is 7.38. The van der Waals surface area contributed by atoms with Gasteiger partial charge in [-0.1, -0.05) is 12.8 Å². The first-order valence-corrected chi connectivity index (χ1v) is 8.26. The van der Waals surface area contributed by atoms with Crippen LogP contribution < -0.4 is 4.90 Å². The van der Waals surface area contributed by atoms with Gasteiger partial charge >= 0.3 is 0 Å². The molecule has 2 atom stereocenters. The normalized spacial score (nSPS) is 27.5. The van der Waals surface area contributed by atoms with E-state index in [0.717, 1.165) is 16.8 Å². The summed E-state index contributed by atoms with van der Waals surface area (Å²) in [5, 5.41) is 3.38. The average molecular weight is 273 g/mol. The summed E-state index contributed by atoms with van der Waals surface area (Å²) in [7, 11) is 0. The maximum Gasteiger partial charge on any atom is 0.141 e. The Morgan fingerprint density at radius 3 is 3.00 bits per heavy atom. The van der Waals surface area contributed by atoms with Gasteiger partial charge in [-0.05, 0) is 43.0 Å². The fraction of sp³-hybridized carbons (Fsp3) is 0.600. The molecule has 0 spiro atoms. The molecule has 0 aromatic carbocycles. The average Bonchev–Trinajstić information content (AvgIpc) is 2.95. The lowest BCUT2D eigenvalue weighted by Crippen LogP contribution is -2.47. The third-order valence-corrected chi connectivity index (χ3v) is 5.58. The molecule has 100 valence electrons. The molecule has 0 radical (unpaired) electrons. The molecular weight excluding hydrogens is 254 g/mol. The molecule has 19 heavy (non-hydrogen) atoms. The van der Waals surface area contributed by atoms with Crippen molar-refractivity contribution < 1.29 is 0 Å². The summed E-state index contributed by atoms with van der Waals surface area (Å²) < 4.78 is 0. The van der Waals surface area contributed by atoms with Crippen LogP contribution in [0.25, 0.3) is 10.2 Å². The van der Waals surface area contributed by atoms with E-state index in [4.69, 9.17) is 0 Å². The summed E-state index contributed by atoms with van der Waals surface area (Å²) in [6, 6.07) is 2.90. The highest BCUT2D eigenvalue weighted by atomic mass is 32.1. The van der Waals surface area contributed by atoms with E-state index in [1.807, 2.05) is 0 Å². The summed E-state index contributed by atoms with van der Waals surface area (Å²) in [5.41, 5.74) is 0. The zero-order valence-corrected chi connectivity index (χ0v) is 11.9. The van der Waals surface area contributed by atoms with Crippen molar-refractivity contribution in [1.82, 2.24) is 9.97 Å². The van der Waals surface area contributed by atoms with Crippen molar-refractivity contribution in [2.24, 2.45) is 5.92 Å². The molecule has 2 aromatic rings. The first-order chi connectivity index (χ1) is 9.43. The lowest BCUT2D eigenvalue weighted by atomic mass is 9.78. The van der Waals surface area contributed by atoms with E-state index >= 15 is 0 Å². The Balaban J connectivity index is 1.75. The lowest BCUT2D eigenvalue weighted by Gasteiger charge is -2.44. The van der Waals surface area contributed by atoms with Gasteiger partial charge in [0.25, 0.3) is 0 Å². The molecule has 0 unspecified atom stereocenters. The van der Waals surface area contributed by atoms with Crippen LogP contribution in [0, 0.1) is 5.92 Å². The molecule has 0 amide bonds. The molecule has 1 saturated heterocycles. The van der Waals surface area contributed by atoms with Crippen molar-refractivity contribution in [3.63, 3.8) is 0 Å². The molecule has 1 aliphatic carbocycles. The Bertz CT molecular complexity index is 578. The zero-order chi connectivity index (χ0) is 12.7. The number of piperidine rings is 1. The maximum absolute atomic E-state index is 4.62. The maximum atomic E-state index is 4.62. The fourth-order valence-corrected chi connectivity index (χ4v) is 4.62.